The summed E-state index contributed by atoms with van der Waals surface area (Å²) in [5.41, 5.74) is 6.40. The summed E-state index contributed by atoms with van der Waals surface area (Å²) >= 11 is 1.67. The summed E-state index contributed by atoms with van der Waals surface area (Å²) < 4.78 is 1.28. The lowest BCUT2D eigenvalue weighted by molar-refractivity contribution is 0.688. The van der Waals surface area contributed by atoms with Crippen molar-refractivity contribution in [2.24, 2.45) is 7.05 Å². The maximum absolute atomic E-state index is 11.3. The maximum Gasteiger partial charge on any atom is 0.289 e. The van der Waals surface area contributed by atoms with E-state index in [0.717, 1.165) is 12.1 Å². The Hall–Kier alpha value is -1.62. The summed E-state index contributed by atoms with van der Waals surface area (Å²) in [6.07, 6.45) is 0.718. The third-order valence-corrected chi connectivity index (χ3v) is 2.95. The molecule has 2 aromatic rings. The van der Waals surface area contributed by atoms with E-state index in [1.807, 2.05) is 17.5 Å². The molecular weight excluding hydrogens is 210 g/mol. The van der Waals surface area contributed by atoms with Gasteiger partial charge in [-0.15, -0.1) is 11.3 Å². The van der Waals surface area contributed by atoms with Gasteiger partial charge in [0, 0.05) is 18.3 Å². The molecule has 0 aliphatic rings. The summed E-state index contributed by atoms with van der Waals surface area (Å²) in [5.74, 6) is 0. The summed E-state index contributed by atoms with van der Waals surface area (Å²) in [5, 5.41) is 6.15. The van der Waals surface area contributed by atoms with Crippen molar-refractivity contribution in [1.82, 2.24) is 9.78 Å². The van der Waals surface area contributed by atoms with Crippen molar-refractivity contribution in [2.75, 3.05) is 5.73 Å². The van der Waals surface area contributed by atoms with E-state index < -0.39 is 0 Å². The lowest BCUT2D eigenvalue weighted by Gasteiger charge is -2.03. The number of nitrogens with two attached hydrogens (primary N) is 1. The Morgan fingerprint density at radius 1 is 1.60 bits per heavy atom. The van der Waals surface area contributed by atoms with Crippen LogP contribution in [-0.2, 0) is 13.5 Å². The molecule has 0 unspecified atom stereocenters. The van der Waals surface area contributed by atoms with Gasteiger partial charge in [-0.05, 0) is 17.5 Å². The quantitative estimate of drug-likeness (QED) is 0.823. The number of thiophene rings is 1. The first-order valence-corrected chi connectivity index (χ1v) is 5.40. The molecule has 0 spiro atoms. The average Bonchev–Trinajstić information content (AvgIpc) is 2.66. The monoisotopic (exact) mass is 221 g/mol. The number of rotatable bonds is 2. The molecule has 0 aliphatic carbocycles. The number of aromatic nitrogens is 2. The minimum Gasteiger partial charge on any atom is -0.394 e. The van der Waals surface area contributed by atoms with Crippen LogP contribution in [0.4, 0.5) is 5.69 Å². The molecule has 4 nitrogen and oxygen atoms in total. The molecule has 0 radical (unpaired) electrons. The van der Waals surface area contributed by atoms with E-state index in [0.29, 0.717) is 0 Å². The summed E-state index contributed by atoms with van der Waals surface area (Å²) in [6.45, 7) is 0. The van der Waals surface area contributed by atoms with Gasteiger partial charge < -0.3 is 5.73 Å². The third-order valence-electron chi connectivity index (χ3n) is 2.08. The normalized spacial score (nSPS) is 10.5. The van der Waals surface area contributed by atoms with Crippen LogP contribution in [0.15, 0.2) is 28.4 Å². The minimum atomic E-state index is -0.245. The molecule has 0 aliphatic heterocycles. The van der Waals surface area contributed by atoms with Gasteiger partial charge in [-0.2, -0.15) is 5.10 Å². The standard InChI is InChI=1S/C10H11N3OS/c1-13-10(14)9(11)6-7(12-13)5-8-3-2-4-15-8/h2-4,6H,5,11H2,1H3. The third kappa shape index (κ3) is 2.07. The molecule has 15 heavy (non-hydrogen) atoms. The first-order chi connectivity index (χ1) is 7.16. The van der Waals surface area contributed by atoms with Gasteiger partial charge >= 0.3 is 0 Å². The molecule has 0 atom stereocenters. The molecular formula is C10H11N3OS. The van der Waals surface area contributed by atoms with Crippen molar-refractivity contribution >= 4 is 17.0 Å². The number of hydrogen-bond donors (Lipinski definition) is 1. The van der Waals surface area contributed by atoms with E-state index in [2.05, 4.69) is 5.10 Å². The maximum atomic E-state index is 11.3. The van der Waals surface area contributed by atoms with Gasteiger partial charge in [-0.25, -0.2) is 4.68 Å². The number of hydrogen-bond acceptors (Lipinski definition) is 4. The Kier molecular flexibility index (Phi) is 2.55. The van der Waals surface area contributed by atoms with Crippen molar-refractivity contribution < 1.29 is 0 Å². The van der Waals surface area contributed by atoms with Gasteiger partial charge in [0.1, 0.15) is 5.69 Å². The first kappa shape index (κ1) is 9.92. The van der Waals surface area contributed by atoms with Gasteiger partial charge in [-0.3, -0.25) is 4.79 Å². The molecule has 2 aromatic heterocycles. The number of nitrogens with zero attached hydrogens (tertiary/aromatic N) is 2. The molecule has 78 valence electrons. The van der Waals surface area contributed by atoms with E-state index in [9.17, 15) is 4.79 Å². The number of aryl methyl sites for hydroxylation is 1. The lowest BCUT2D eigenvalue weighted by atomic mass is 10.2. The van der Waals surface area contributed by atoms with Gasteiger partial charge in [0.05, 0.1) is 5.69 Å². The molecule has 2 N–H and O–H groups in total. The van der Waals surface area contributed by atoms with Crippen LogP contribution in [0.1, 0.15) is 10.6 Å². The van der Waals surface area contributed by atoms with Crippen LogP contribution in [0.2, 0.25) is 0 Å². The van der Waals surface area contributed by atoms with Crippen LogP contribution in [0, 0.1) is 0 Å². The molecule has 0 bridgehead atoms. The highest BCUT2D eigenvalue weighted by molar-refractivity contribution is 7.09. The highest BCUT2D eigenvalue weighted by Crippen LogP contribution is 2.13. The molecule has 2 rings (SSSR count). The van der Waals surface area contributed by atoms with Gasteiger partial charge in [-0.1, -0.05) is 6.07 Å². The Balaban J connectivity index is 2.34. The molecule has 0 saturated heterocycles. The second kappa shape index (κ2) is 3.86. The van der Waals surface area contributed by atoms with E-state index in [1.165, 1.54) is 9.56 Å². The molecule has 0 aromatic carbocycles. The predicted molar refractivity (Wildman–Crippen MR) is 61.0 cm³/mol. The Morgan fingerprint density at radius 2 is 2.40 bits per heavy atom. The Labute approximate surface area is 91.0 Å². The fraction of sp³-hybridized carbons (Fsp3) is 0.200. The second-order valence-corrected chi connectivity index (χ2v) is 4.31. The zero-order chi connectivity index (χ0) is 10.8. The second-order valence-electron chi connectivity index (χ2n) is 3.28. The van der Waals surface area contributed by atoms with Crippen LogP contribution < -0.4 is 11.3 Å². The molecule has 0 fully saturated rings. The van der Waals surface area contributed by atoms with Crippen LogP contribution in [0.5, 0.6) is 0 Å². The van der Waals surface area contributed by atoms with Crippen molar-refractivity contribution in [3.63, 3.8) is 0 Å². The predicted octanol–water partition coefficient (Wildman–Crippen LogP) is 1.01. The van der Waals surface area contributed by atoms with E-state index in [1.54, 1.807) is 24.5 Å². The minimum absolute atomic E-state index is 0.245. The van der Waals surface area contributed by atoms with Crippen LogP contribution in [0.25, 0.3) is 0 Å². The van der Waals surface area contributed by atoms with Gasteiger partial charge in [0.2, 0.25) is 0 Å². The first-order valence-electron chi connectivity index (χ1n) is 4.52. The molecule has 0 amide bonds. The Bertz CT molecular complexity index is 490. The van der Waals surface area contributed by atoms with Crippen molar-refractivity contribution in [2.45, 2.75) is 6.42 Å². The summed E-state index contributed by atoms with van der Waals surface area (Å²) in [7, 11) is 1.61. The number of nitrogen functional groups attached to an aromatic ring is 1. The molecule has 0 saturated carbocycles. The zero-order valence-corrected chi connectivity index (χ0v) is 9.12. The Morgan fingerprint density at radius 3 is 3.00 bits per heavy atom. The zero-order valence-electron chi connectivity index (χ0n) is 8.30. The highest BCUT2D eigenvalue weighted by atomic mass is 32.1. The fourth-order valence-electron chi connectivity index (χ4n) is 1.37. The van der Waals surface area contributed by atoms with Crippen molar-refractivity contribution in [1.29, 1.82) is 0 Å². The van der Waals surface area contributed by atoms with Crippen LogP contribution in [-0.4, -0.2) is 9.78 Å². The largest absolute Gasteiger partial charge is 0.394 e. The van der Waals surface area contributed by atoms with Crippen molar-refractivity contribution in [3.8, 4) is 0 Å². The van der Waals surface area contributed by atoms with E-state index in [4.69, 9.17) is 5.73 Å². The molecule has 2 heterocycles. The number of anilines is 1. The van der Waals surface area contributed by atoms with Gasteiger partial charge in [0.25, 0.3) is 5.56 Å². The summed E-state index contributed by atoms with van der Waals surface area (Å²) in [6, 6.07) is 5.67. The highest BCUT2D eigenvalue weighted by Gasteiger charge is 2.04. The van der Waals surface area contributed by atoms with Crippen molar-refractivity contribution in [3.05, 3.63) is 44.5 Å². The average molecular weight is 221 g/mol. The van der Waals surface area contributed by atoms with E-state index >= 15 is 0 Å². The van der Waals surface area contributed by atoms with Crippen LogP contribution in [0.3, 0.4) is 0 Å². The SMILES string of the molecule is Cn1nc(Cc2cccs2)cc(N)c1=O. The fourth-order valence-corrected chi connectivity index (χ4v) is 2.09. The molecule has 5 heteroatoms. The van der Waals surface area contributed by atoms with Crippen LogP contribution >= 0.6 is 11.3 Å². The summed E-state index contributed by atoms with van der Waals surface area (Å²) in [4.78, 5) is 12.5. The smallest absolute Gasteiger partial charge is 0.289 e. The topological polar surface area (TPSA) is 60.9 Å². The lowest BCUT2D eigenvalue weighted by Crippen LogP contribution is -2.23. The van der Waals surface area contributed by atoms with Gasteiger partial charge in [0.15, 0.2) is 0 Å². The van der Waals surface area contributed by atoms with E-state index in [-0.39, 0.29) is 11.2 Å².